The largest absolute Gasteiger partial charge is 0.394 e. The summed E-state index contributed by atoms with van der Waals surface area (Å²) in [4.78, 5) is 60.7. The first kappa shape index (κ1) is 43.6. The molecule has 0 spiro atoms. The summed E-state index contributed by atoms with van der Waals surface area (Å²) in [6.07, 6.45) is 4.86. The van der Waals surface area contributed by atoms with Gasteiger partial charge < -0.3 is 24.2 Å². The first-order valence-electron chi connectivity index (χ1n) is 20.3. The van der Waals surface area contributed by atoms with E-state index in [0.717, 1.165) is 22.6 Å². The summed E-state index contributed by atoms with van der Waals surface area (Å²) in [5.41, 5.74) is 2.18. The van der Waals surface area contributed by atoms with Gasteiger partial charge in [0.2, 0.25) is 0 Å². The third-order valence-corrected chi connectivity index (χ3v) is 10.3. The molecule has 1 N–H and O–H groups in total. The molecule has 2 aliphatic rings. The van der Waals surface area contributed by atoms with Crippen molar-refractivity contribution in [3.63, 3.8) is 0 Å². The normalized spacial score (nSPS) is 13.7. The number of ether oxygens (including phenoxy) is 3. The number of likely N-dealkylation sites (N-methyl/N-ethyl adjacent to an activating group) is 1. The number of carbonyl (C=O) groups is 4. The minimum atomic E-state index is -0.286. The number of hydrogen-bond donors (Lipinski definition) is 1. The maximum absolute atomic E-state index is 13.5. The molecule has 12 heteroatoms. The molecule has 306 valence electrons. The monoisotopic (exact) mass is 782 g/mol. The SMILES string of the molecule is CCCCC.CN(CCCN(CCOCCOCCOCCO)CCN1C(=O)c2cccc3cccc(c23)C1=O)CCN1C(=O)c2cccc3cccc(c23)C1=O. The summed E-state index contributed by atoms with van der Waals surface area (Å²) in [6, 6.07) is 22.1. The van der Waals surface area contributed by atoms with Gasteiger partial charge in [-0.2, -0.15) is 0 Å². The molecule has 0 bridgehead atoms. The molecule has 4 aromatic carbocycles. The van der Waals surface area contributed by atoms with Crippen LogP contribution in [0, 0.1) is 0 Å². The quantitative estimate of drug-likeness (QED) is 0.0734. The van der Waals surface area contributed by atoms with Crippen molar-refractivity contribution in [2.75, 3.05) is 99.1 Å². The van der Waals surface area contributed by atoms with Crippen molar-refractivity contribution in [3.8, 4) is 0 Å². The van der Waals surface area contributed by atoms with Gasteiger partial charge in [-0.15, -0.1) is 0 Å². The van der Waals surface area contributed by atoms with E-state index in [1.807, 2.05) is 55.6 Å². The number of rotatable bonds is 23. The second-order valence-electron chi connectivity index (χ2n) is 14.4. The van der Waals surface area contributed by atoms with Crippen LogP contribution < -0.4 is 0 Å². The second-order valence-corrected chi connectivity index (χ2v) is 14.4. The molecule has 57 heavy (non-hydrogen) atoms. The lowest BCUT2D eigenvalue weighted by molar-refractivity contribution is 0.00425. The lowest BCUT2D eigenvalue weighted by Crippen LogP contribution is -2.45. The van der Waals surface area contributed by atoms with E-state index >= 15 is 0 Å². The van der Waals surface area contributed by atoms with E-state index in [1.54, 1.807) is 24.3 Å². The predicted molar refractivity (Wildman–Crippen MR) is 222 cm³/mol. The van der Waals surface area contributed by atoms with Gasteiger partial charge in [0.15, 0.2) is 0 Å². The molecule has 2 heterocycles. The first-order chi connectivity index (χ1) is 27.8. The van der Waals surface area contributed by atoms with Crippen LogP contribution in [0.2, 0.25) is 0 Å². The summed E-state index contributed by atoms with van der Waals surface area (Å²) in [6.45, 7) is 10.3. The Morgan fingerprint density at radius 3 is 1.35 bits per heavy atom. The van der Waals surface area contributed by atoms with Crippen molar-refractivity contribution >= 4 is 45.2 Å². The van der Waals surface area contributed by atoms with Gasteiger partial charge in [-0.1, -0.05) is 81.6 Å². The van der Waals surface area contributed by atoms with E-state index in [1.165, 1.54) is 29.1 Å². The van der Waals surface area contributed by atoms with Gasteiger partial charge in [0.25, 0.3) is 23.6 Å². The lowest BCUT2D eigenvalue weighted by atomic mass is 9.94. The highest BCUT2D eigenvalue weighted by atomic mass is 16.5. The third-order valence-electron chi connectivity index (χ3n) is 10.3. The number of amides is 4. The molecule has 2 aliphatic heterocycles. The summed E-state index contributed by atoms with van der Waals surface area (Å²) in [5.74, 6) is -1.11. The van der Waals surface area contributed by atoms with E-state index in [0.29, 0.717) is 93.4 Å². The highest BCUT2D eigenvalue weighted by molar-refractivity contribution is 6.26. The van der Waals surface area contributed by atoms with Crippen LogP contribution in [-0.2, 0) is 14.2 Å². The van der Waals surface area contributed by atoms with Crippen molar-refractivity contribution in [3.05, 3.63) is 95.1 Å². The number of imide groups is 2. The Labute approximate surface area is 336 Å². The molecule has 0 aliphatic carbocycles. The predicted octanol–water partition coefficient (Wildman–Crippen LogP) is 5.75. The maximum atomic E-state index is 13.5. The zero-order valence-corrected chi connectivity index (χ0v) is 33.7. The minimum Gasteiger partial charge on any atom is -0.394 e. The molecule has 0 unspecified atom stereocenters. The van der Waals surface area contributed by atoms with Crippen LogP contribution in [0.25, 0.3) is 21.5 Å². The Hall–Kier alpha value is -4.56. The lowest BCUT2D eigenvalue weighted by Gasteiger charge is -2.31. The van der Waals surface area contributed by atoms with Gasteiger partial charge in [0, 0.05) is 65.8 Å². The van der Waals surface area contributed by atoms with Crippen LogP contribution in [0.3, 0.4) is 0 Å². The van der Waals surface area contributed by atoms with Gasteiger partial charge in [0.05, 0.1) is 46.2 Å². The van der Waals surface area contributed by atoms with E-state index in [9.17, 15) is 19.2 Å². The minimum absolute atomic E-state index is 0.0210. The maximum Gasteiger partial charge on any atom is 0.261 e. The van der Waals surface area contributed by atoms with Crippen molar-refractivity contribution in [1.29, 1.82) is 0 Å². The number of nitrogens with zero attached hydrogens (tertiary/aromatic N) is 4. The van der Waals surface area contributed by atoms with Crippen LogP contribution in [0.1, 0.15) is 81.0 Å². The Bertz CT molecular complexity index is 1870. The Balaban J connectivity index is 0.00000117. The summed E-state index contributed by atoms with van der Waals surface area (Å²) >= 11 is 0. The number of unbranched alkanes of at least 4 members (excludes halogenated alkanes) is 2. The van der Waals surface area contributed by atoms with E-state index < -0.39 is 0 Å². The van der Waals surface area contributed by atoms with E-state index in [-0.39, 0.29) is 49.9 Å². The number of carbonyl (C=O) groups excluding carboxylic acids is 4. The Morgan fingerprint density at radius 2 is 0.930 bits per heavy atom. The molecule has 12 nitrogen and oxygen atoms in total. The van der Waals surface area contributed by atoms with Gasteiger partial charge in [0.1, 0.15) is 0 Å². The van der Waals surface area contributed by atoms with Gasteiger partial charge in [-0.3, -0.25) is 33.9 Å². The third kappa shape index (κ3) is 11.3. The number of aliphatic hydroxyl groups is 1. The summed E-state index contributed by atoms with van der Waals surface area (Å²) in [7, 11) is 1.97. The van der Waals surface area contributed by atoms with Crippen molar-refractivity contribution in [1.82, 2.24) is 19.6 Å². The molecule has 4 aromatic rings. The topological polar surface area (TPSA) is 129 Å². The zero-order valence-electron chi connectivity index (χ0n) is 33.7. The van der Waals surface area contributed by atoms with Crippen LogP contribution in [0.15, 0.2) is 72.8 Å². The summed E-state index contributed by atoms with van der Waals surface area (Å²) in [5, 5.41) is 12.0. The fourth-order valence-electron chi connectivity index (χ4n) is 7.24. The number of benzene rings is 4. The average molecular weight is 783 g/mol. The Morgan fingerprint density at radius 1 is 0.509 bits per heavy atom. The van der Waals surface area contributed by atoms with Gasteiger partial charge in [-0.05, 0) is 61.6 Å². The molecule has 0 radical (unpaired) electrons. The molecular weight excluding hydrogens is 725 g/mol. The molecule has 6 rings (SSSR count). The molecule has 0 atom stereocenters. The molecule has 0 fully saturated rings. The molecule has 4 amide bonds. The molecule has 0 aromatic heterocycles. The van der Waals surface area contributed by atoms with Gasteiger partial charge >= 0.3 is 0 Å². The number of aliphatic hydroxyl groups excluding tert-OH is 1. The van der Waals surface area contributed by atoms with Crippen molar-refractivity contribution < 1.29 is 38.5 Å². The number of hydrogen-bond acceptors (Lipinski definition) is 10. The zero-order chi connectivity index (χ0) is 40.6. The fourth-order valence-corrected chi connectivity index (χ4v) is 7.24. The van der Waals surface area contributed by atoms with Crippen LogP contribution in [-0.4, -0.2) is 147 Å². The molecule has 0 saturated heterocycles. The van der Waals surface area contributed by atoms with E-state index in [2.05, 4.69) is 23.6 Å². The Kier molecular flexibility index (Phi) is 17.1. The van der Waals surface area contributed by atoms with Crippen molar-refractivity contribution in [2.45, 2.75) is 39.5 Å². The molecule has 0 saturated carbocycles. The van der Waals surface area contributed by atoms with E-state index in [4.69, 9.17) is 19.3 Å². The van der Waals surface area contributed by atoms with Crippen LogP contribution in [0.4, 0.5) is 0 Å². The summed E-state index contributed by atoms with van der Waals surface area (Å²) < 4.78 is 16.5. The first-order valence-corrected chi connectivity index (χ1v) is 20.3. The van der Waals surface area contributed by atoms with Crippen molar-refractivity contribution in [2.24, 2.45) is 0 Å². The second kappa shape index (κ2) is 22.4. The highest BCUT2D eigenvalue weighted by Crippen LogP contribution is 2.31. The average Bonchev–Trinajstić information content (AvgIpc) is 3.22. The van der Waals surface area contributed by atoms with Crippen LogP contribution in [0.5, 0.6) is 0 Å². The smallest absolute Gasteiger partial charge is 0.261 e. The van der Waals surface area contributed by atoms with Gasteiger partial charge in [-0.25, -0.2) is 0 Å². The van der Waals surface area contributed by atoms with Crippen LogP contribution >= 0.6 is 0 Å². The molecular formula is C45H58N4O8. The standard InChI is InChI=1S/C40H46N4O8.C5H12/c1-41(17-19-43-37(46)31-11-2-7-29-8-3-12-32(35(29)31)38(43)47)15-6-16-42(21-23-50-25-27-52-28-26-51-24-22-45)18-20-44-39(48)33-13-4-9-30-10-5-14-34(36(30)33)40(44)49;1-3-5-4-2/h2-5,7-14,45H,6,15-28H2,1H3;3-5H2,1-2H3. The highest BCUT2D eigenvalue weighted by Gasteiger charge is 2.34. The fraction of sp³-hybridized carbons (Fsp3) is 0.467.